The number of aromatic nitrogens is 4. The van der Waals surface area contributed by atoms with Gasteiger partial charge in [0, 0.05) is 33.0 Å². The summed E-state index contributed by atoms with van der Waals surface area (Å²) >= 11 is 0. The van der Waals surface area contributed by atoms with Crippen LogP contribution in [0.1, 0.15) is 30.7 Å². The van der Waals surface area contributed by atoms with E-state index >= 15 is 0 Å². The third kappa shape index (κ3) is 6.07. The Kier molecular flexibility index (Phi) is 7.94. The van der Waals surface area contributed by atoms with Crippen molar-refractivity contribution in [3.05, 3.63) is 41.5 Å². The third-order valence-corrected chi connectivity index (χ3v) is 3.78. The van der Waals surface area contributed by atoms with Crippen LogP contribution in [0.2, 0.25) is 0 Å². The van der Waals surface area contributed by atoms with Crippen molar-refractivity contribution in [2.45, 2.75) is 33.4 Å². The first-order chi connectivity index (χ1) is 12.6. The van der Waals surface area contributed by atoms with Gasteiger partial charge in [-0.2, -0.15) is 0 Å². The monoisotopic (exact) mass is 363 g/mol. The molecule has 2 rings (SSSR count). The van der Waals surface area contributed by atoms with Crippen LogP contribution in [0.5, 0.6) is 0 Å². The molecule has 0 saturated heterocycles. The Bertz CT molecular complexity index is 717. The van der Waals surface area contributed by atoms with E-state index in [9.17, 15) is 4.39 Å². The second-order valence-electron chi connectivity index (χ2n) is 5.65. The fraction of sp³-hybridized carbons (Fsp3) is 0.529. The molecule has 0 aliphatic heterocycles. The van der Waals surface area contributed by atoms with Crippen molar-refractivity contribution in [3.8, 4) is 0 Å². The van der Waals surface area contributed by atoms with Gasteiger partial charge in [0.2, 0.25) is 0 Å². The van der Waals surface area contributed by atoms with Crippen molar-refractivity contribution in [2.75, 3.05) is 19.8 Å². The third-order valence-electron chi connectivity index (χ3n) is 3.78. The van der Waals surface area contributed by atoms with Crippen LogP contribution in [-0.4, -0.2) is 45.5 Å². The molecule has 0 aliphatic carbocycles. The molecule has 0 bridgehead atoms. The van der Waals surface area contributed by atoms with E-state index in [0.29, 0.717) is 38.0 Å². The zero-order valence-corrected chi connectivity index (χ0v) is 15.5. The number of nitrogens with zero attached hydrogens (tertiary/aromatic N) is 5. The van der Waals surface area contributed by atoms with E-state index in [4.69, 9.17) is 4.74 Å². The number of aryl methyl sites for hydroxylation is 1. The number of halogens is 1. The Morgan fingerprint density at radius 2 is 2.19 bits per heavy atom. The molecule has 0 spiro atoms. The number of hydrogen-bond acceptors (Lipinski definition) is 5. The van der Waals surface area contributed by atoms with Crippen LogP contribution in [-0.2, 0) is 24.9 Å². The fourth-order valence-electron chi connectivity index (χ4n) is 2.16. The van der Waals surface area contributed by atoms with Gasteiger partial charge in [-0.25, -0.2) is 9.38 Å². The summed E-state index contributed by atoms with van der Waals surface area (Å²) in [5.41, 5.74) is 0.303. The van der Waals surface area contributed by atoms with Crippen LogP contribution in [0.25, 0.3) is 0 Å². The van der Waals surface area contributed by atoms with Crippen molar-refractivity contribution in [1.82, 2.24) is 30.4 Å². The second kappa shape index (κ2) is 10.4. The van der Waals surface area contributed by atoms with Crippen LogP contribution in [0.15, 0.2) is 23.3 Å². The Labute approximate surface area is 152 Å². The van der Waals surface area contributed by atoms with Gasteiger partial charge < -0.3 is 19.9 Å². The lowest BCUT2D eigenvalue weighted by atomic mass is 10.3. The van der Waals surface area contributed by atoms with E-state index in [1.54, 1.807) is 12.3 Å². The fourth-order valence-corrected chi connectivity index (χ4v) is 2.16. The maximum atomic E-state index is 13.7. The number of ether oxygens (including phenoxy) is 1. The van der Waals surface area contributed by atoms with Crippen LogP contribution in [0.4, 0.5) is 4.39 Å². The average molecular weight is 363 g/mol. The topological polar surface area (TPSA) is 89.2 Å². The lowest BCUT2D eigenvalue weighted by Gasteiger charge is -2.12. The lowest BCUT2D eigenvalue weighted by Crippen LogP contribution is -2.38. The van der Waals surface area contributed by atoms with Crippen molar-refractivity contribution < 1.29 is 9.13 Å². The number of guanidine groups is 1. The van der Waals surface area contributed by atoms with Crippen LogP contribution in [0.3, 0.4) is 0 Å². The Morgan fingerprint density at radius 1 is 1.35 bits per heavy atom. The van der Waals surface area contributed by atoms with Gasteiger partial charge in [-0.3, -0.25) is 4.98 Å². The van der Waals surface area contributed by atoms with Gasteiger partial charge in [0.15, 0.2) is 11.8 Å². The minimum absolute atomic E-state index is 0.144. The van der Waals surface area contributed by atoms with Gasteiger partial charge in [-0.15, -0.1) is 10.2 Å². The molecule has 0 unspecified atom stereocenters. The van der Waals surface area contributed by atoms with Crippen LogP contribution < -0.4 is 10.6 Å². The van der Waals surface area contributed by atoms with E-state index in [0.717, 1.165) is 18.1 Å². The molecule has 2 N–H and O–H groups in total. The van der Waals surface area contributed by atoms with Crippen LogP contribution in [0, 0.1) is 12.7 Å². The van der Waals surface area contributed by atoms with Crippen molar-refractivity contribution in [3.63, 3.8) is 0 Å². The van der Waals surface area contributed by atoms with Crippen LogP contribution >= 0.6 is 0 Å². The zero-order chi connectivity index (χ0) is 18.8. The van der Waals surface area contributed by atoms with Gasteiger partial charge in [0.25, 0.3) is 0 Å². The first kappa shape index (κ1) is 19.8. The molecule has 0 amide bonds. The molecule has 0 aromatic carbocycles. The molecule has 142 valence electrons. The molecule has 26 heavy (non-hydrogen) atoms. The van der Waals surface area contributed by atoms with Crippen molar-refractivity contribution in [1.29, 1.82) is 0 Å². The van der Waals surface area contributed by atoms with Gasteiger partial charge in [0.1, 0.15) is 11.6 Å². The Balaban J connectivity index is 1.97. The standard InChI is InChI=1S/C17H26FN7O/c1-4-26-10-6-9-20-17(21-11-15-14(18)7-5-8-19-15)22-12-16-24-23-13(2)25(16)3/h5,7-8H,4,6,9-12H2,1-3H3,(H2,20,21,22). The van der Waals surface area contributed by atoms with E-state index in [1.165, 1.54) is 6.07 Å². The number of aliphatic imine (C=N–C) groups is 1. The van der Waals surface area contributed by atoms with Gasteiger partial charge in [-0.05, 0) is 32.4 Å². The van der Waals surface area contributed by atoms with E-state index in [-0.39, 0.29) is 12.4 Å². The molecule has 2 aromatic rings. The average Bonchev–Trinajstić information content (AvgIpc) is 2.96. The molecule has 0 aliphatic rings. The maximum absolute atomic E-state index is 13.7. The van der Waals surface area contributed by atoms with Gasteiger partial charge in [0.05, 0.1) is 18.8 Å². The molecule has 2 heterocycles. The largest absolute Gasteiger partial charge is 0.382 e. The van der Waals surface area contributed by atoms with Gasteiger partial charge >= 0.3 is 0 Å². The van der Waals surface area contributed by atoms with Crippen molar-refractivity contribution >= 4 is 5.96 Å². The molecular formula is C17H26FN7O. The summed E-state index contributed by atoms with van der Waals surface area (Å²) in [6.45, 7) is 6.52. The van der Waals surface area contributed by atoms with E-state index < -0.39 is 0 Å². The highest BCUT2D eigenvalue weighted by Gasteiger charge is 2.07. The molecule has 0 saturated carbocycles. The number of pyridine rings is 1. The second-order valence-corrected chi connectivity index (χ2v) is 5.65. The summed E-state index contributed by atoms with van der Waals surface area (Å²) in [6.07, 6.45) is 2.40. The highest BCUT2D eigenvalue weighted by atomic mass is 19.1. The van der Waals surface area contributed by atoms with Crippen molar-refractivity contribution in [2.24, 2.45) is 12.0 Å². The number of hydrogen-bond donors (Lipinski definition) is 2. The summed E-state index contributed by atoms with van der Waals surface area (Å²) in [4.78, 5) is 8.44. The highest BCUT2D eigenvalue weighted by molar-refractivity contribution is 5.79. The predicted molar refractivity (Wildman–Crippen MR) is 97.0 cm³/mol. The quantitative estimate of drug-likeness (QED) is 0.397. The minimum atomic E-state index is -0.365. The van der Waals surface area contributed by atoms with Gasteiger partial charge in [-0.1, -0.05) is 0 Å². The zero-order valence-electron chi connectivity index (χ0n) is 15.5. The molecule has 0 radical (unpaired) electrons. The summed E-state index contributed by atoms with van der Waals surface area (Å²) < 4.78 is 21.0. The normalized spacial score (nSPS) is 11.6. The van der Waals surface area contributed by atoms with E-state index in [2.05, 4.69) is 30.8 Å². The summed E-state index contributed by atoms with van der Waals surface area (Å²) in [6, 6.07) is 2.94. The minimum Gasteiger partial charge on any atom is -0.382 e. The molecule has 8 nitrogen and oxygen atoms in total. The van der Waals surface area contributed by atoms with E-state index in [1.807, 2.05) is 25.5 Å². The molecule has 9 heteroatoms. The molecule has 0 atom stereocenters. The predicted octanol–water partition coefficient (Wildman–Crippen LogP) is 1.32. The first-order valence-corrected chi connectivity index (χ1v) is 8.66. The maximum Gasteiger partial charge on any atom is 0.192 e. The number of rotatable bonds is 9. The SMILES string of the molecule is CCOCCCNC(=NCc1ncccc1F)NCc1nnc(C)n1C. The Hall–Kier alpha value is -2.55. The summed E-state index contributed by atoms with van der Waals surface area (Å²) in [5.74, 6) is 1.82. The Morgan fingerprint density at radius 3 is 2.88 bits per heavy atom. The lowest BCUT2D eigenvalue weighted by molar-refractivity contribution is 0.145. The highest BCUT2D eigenvalue weighted by Crippen LogP contribution is 2.04. The molecular weight excluding hydrogens is 337 g/mol. The first-order valence-electron chi connectivity index (χ1n) is 8.66. The number of nitrogens with one attached hydrogen (secondary N) is 2. The smallest absolute Gasteiger partial charge is 0.192 e. The molecule has 0 fully saturated rings. The molecule has 2 aromatic heterocycles. The summed E-state index contributed by atoms with van der Waals surface area (Å²) in [5, 5.41) is 14.6. The summed E-state index contributed by atoms with van der Waals surface area (Å²) in [7, 11) is 1.90.